The average molecular weight is 271 g/mol. The molecule has 0 bridgehead atoms. The largest absolute Gasteiger partial charge is 0.317 e. The predicted molar refractivity (Wildman–Crippen MR) is 76.0 cm³/mol. The first-order valence-corrected chi connectivity index (χ1v) is 7.33. The van der Waals surface area contributed by atoms with Gasteiger partial charge in [-0.05, 0) is 5.56 Å². The van der Waals surface area contributed by atoms with Crippen molar-refractivity contribution in [3.05, 3.63) is 66.2 Å². The molecule has 0 radical (unpaired) electrons. The van der Waals surface area contributed by atoms with E-state index < -0.39 is 14.4 Å². The lowest BCUT2D eigenvalue weighted by molar-refractivity contribution is -0.129. The van der Waals surface area contributed by atoms with E-state index in [0.29, 0.717) is 0 Å². The van der Waals surface area contributed by atoms with Crippen LogP contribution < -0.4 is 5.30 Å². The smallest absolute Gasteiger partial charge is 0.261 e. The summed E-state index contributed by atoms with van der Waals surface area (Å²) >= 11 is 0. The van der Waals surface area contributed by atoms with Crippen LogP contribution in [0.4, 0.5) is 0 Å². The maximum Gasteiger partial charge on any atom is 0.261 e. The first-order valence-electron chi connectivity index (χ1n) is 6.12. The summed E-state index contributed by atoms with van der Waals surface area (Å²) in [4.78, 5) is 12.3. The Labute approximate surface area is 113 Å². The molecule has 3 rings (SSSR count). The standard InChI is InChI=1S/C15H14NO2P/c1-16-15(17)14(12-8-4-2-5-9-12)18-19(16)13-10-6-3-7-11-13/h2-11,14H,1H3/t14-,19?/m1/s1. The molecule has 1 fully saturated rings. The third-order valence-corrected chi connectivity index (χ3v) is 4.99. The molecule has 1 saturated heterocycles. The van der Waals surface area contributed by atoms with Gasteiger partial charge in [0.1, 0.15) is 0 Å². The summed E-state index contributed by atoms with van der Waals surface area (Å²) in [6.45, 7) is 0. The molecular weight excluding hydrogens is 257 g/mol. The minimum Gasteiger partial charge on any atom is -0.317 e. The fourth-order valence-corrected chi connectivity index (χ4v) is 3.83. The number of amides is 1. The number of carbonyl (C=O) groups is 1. The Morgan fingerprint density at radius 1 is 1.00 bits per heavy atom. The van der Waals surface area contributed by atoms with E-state index in [4.69, 9.17) is 4.52 Å². The lowest BCUT2D eigenvalue weighted by Crippen LogP contribution is -2.21. The highest BCUT2D eigenvalue weighted by Crippen LogP contribution is 2.51. The molecule has 19 heavy (non-hydrogen) atoms. The second-order valence-electron chi connectivity index (χ2n) is 4.37. The molecular formula is C15H14NO2P. The summed E-state index contributed by atoms with van der Waals surface area (Å²) < 4.78 is 7.72. The van der Waals surface area contributed by atoms with Crippen LogP contribution in [0.1, 0.15) is 11.7 Å². The van der Waals surface area contributed by atoms with Crippen LogP contribution in [0.3, 0.4) is 0 Å². The molecule has 1 aliphatic rings. The molecule has 3 nitrogen and oxygen atoms in total. The van der Waals surface area contributed by atoms with Crippen molar-refractivity contribution in [2.75, 3.05) is 7.05 Å². The van der Waals surface area contributed by atoms with Crippen molar-refractivity contribution in [1.82, 2.24) is 4.67 Å². The Balaban J connectivity index is 1.90. The number of carbonyl (C=O) groups excluding carboxylic acids is 1. The molecule has 0 saturated carbocycles. The van der Waals surface area contributed by atoms with Gasteiger partial charge in [-0.25, -0.2) is 0 Å². The number of hydrogen-bond donors (Lipinski definition) is 0. The lowest BCUT2D eigenvalue weighted by Gasteiger charge is -2.16. The van der Waals surface area contributed by atoms with Crippen LogP contribution in [0.2, 0.25) is 0 Å². The zero-order chi connectivity index (χ0) is 13.2. The van der Waals surface area contributed by atoms with Gasteiger partial charge in [-0.2, -0.15) is 0 Å². The molecule has 0 aliphatic carbocycles. The van der Waals surface area contributed by atoms with Crippen molar-refractivity contribution < 1.29 is 9.32 Å². The van der Waals surface area contributed by atoms with Crippen LogP contribution in [-0.2, 0) is 9.32 Å². The summed E-state index contributed by atoms with van der Waals surface area (Å²) in [5, 5.41) is 1.06. The van der Waals surface area contributed by atoms with E-state index in [1.54, 1.807) is 4.67 Å². The van der Waals surface area contributed by atoms with Gasteiger partial charge < -0.3 is 4.52 Å². The van der Waals surface area contributed by atoms with E-state index in [1.165, 1.54) is 0 Å². The van der Waals surface area contributed by atoms with Crippen LogP contribution in [0.5, 0.6) is 0 Å². The van der Waals surface area contributed by atoms with Gasteiger partial charge in [0.15, 0.2) is 14.4 Å². The second kappa shape index (κ2) is 5.12. The van der Waals surface area contributed by atoms with Gasteiger partial charge in [0, 0.05) is 12.4 Å². The Morgan fingerprint density at radius 2 is 1.58 bits per heavy atom. The predicted octanol–water partition coefficient (Wildman–Crippen LogP) is 2.85. The summed E-state index contributed by atoms with van der Waals surface area (Å²) in [6.07, 6.45) is -0.475. The van der Waals surface area contributed by atoms with Gasteiger partial charge in [0.05, 0.1) is 0 Å². The van der Waals surface area contributed by atoms with Gasteiger partial charge >= 0.3 is 0 Å². The topological polar surface area (TPSA) is 29.5 Å². The van der Waals surface area contributed by atoms with Gasteiger partial charge in [-0.3, -0.25) is 9.46 Å². The second-order valence-corrected chi connectivity index (χ2v) is 6.24. The minimum atomic E-state index is -1.02. The molecule has 2 atom stereocenters. The highest BCUT2D eigenvalue weighted by atomic mass is 31.2. The van der Waals surface area contributed by atoms with Crippen LogP contribution in [-0.4, -0.2) is 17.6 Å². The van der Waals surface area contributed by atoms with Gasteiger partial charge in [0.25, 0.3) is 5.91 Å². The molecule has 2 aromatic carbocycles. The van der Waals surface area contributed by atoms with Crippen LogP contribution in [0.25, 0.3) is 0 Å². The Morgan fingerprint density at radius 3 is 2.21 bits per heavy atom. The summed E-state index contributed by atoms with van der Waals surface area (Å²) in [5.41, 5.74) is 0.917. The molecule has 0 N–H and O–H groups in total. The fourth-order valence-electron chi connectivity index (χ4n) is 2.10. The molecule has 0 spiro atoms. The van der Waals surface area contributed by atoms with Gasteiger partial charge in [-0.15, -0.1) is 0 Å². The fraction of sp³-hybridized carbons (Fsp3) is 0.133. The third-order valence-electron chi connectivity index (χ3n) is 3.10. The van der Waals surface area contributed by atoms with Crippen LogP contribution in [0.15, 0.2) is 60.7 Å². The highest BCUT2D eigenvalue weighted by molar-refractivity contribution is 7.59. The van der Waals surface area contributed by atoms with Crippen molar-refractivity contribution in [3.63, 3.8) is 0 Å². The third kappa shape index (κ3) is 2.27. The highest BCUT2D eigenvalue weighted by Gasteiger charge is 2.40. The summed E-state index contributed by atoms with van der Waals surface area (Å²) in [6, 6.07) is 19.6. The minimum absolute atomic E-state index is 0.0289. The lowest BCUT2D eigenvalue weighted by atomic mass is 10.1. The van der Waals surface area contributed by atoms with E-state index >= 15 is 0 Å². The van der Waals surface area contributed by atoms with Crippen molar-refractivity contribution in [1.29, 1.82) is 0 Å². The van der Waals surface area contributed by atoms with Gasteiger partial charge in [0.2, 0.25) is 0 Å². The first-order chi connectivity index (χ1) is 9.27. The molecule has 4 heteroatoms. The van der Waals surface area contributed by atoms with Crippen molar-refractivity contribution >= 4 is 19.5 Å². The Bertz CT molecular complexity index is 573. The van der Waals surface area contributed by atoms with Crippen molar-refractivity contribution in [3.8, 4) is 0 Å². The first kappa shape index (κ1) is 12.3. The van der Waals surface area contributed by atoms with Gasteiger partial charge in [-0.1, -0.05) is 60.7 Å². The molecule has 2 aromatic rings. The van der Waals surface area contributed by atoms with E-state index in [0.717, 1.165) is 10.9 Å². The number of benzene rings is 2. The summed E-state index contributed by atoms with van der Waals surface area (Å²) in [7, 11) is 0.790. The maximum absolute atomic E-state index is 12.3. The average Bonchev–Trinajstić information content (AvgIpc) is 2.77. The monoisotopic (exact) mass is 271 g/mol. The van der Waals surface area contributed by atoms with Crippen LogP contribution in [0, 0.1) is 0 Å². The summed E-state index contributed by atoms with van der Waals surface area (Å²) in [5.74, 6) is 0.0289. The van der Waals surface area contributed by atoms with Crippen molar-refractivity contribution in [2.24, 2.45) is 0 Å². The normalized spacial score (nSPS) is 22.8. The molecule has 0 aromatic heterocycles. The molecule has 1 unspecified atom stereocenters. The Hall–Kier alpha value is -1.70. The zero-order valence-corrected chi connectivity index (χ0v) is 11.5. The number of likely N-dealkylation sites (N-methyl/N-ethyl adjacent to an activating group) is 1. The quantitative estimate of drug-likeness (QED) is 0.786. The molecule has 96 valence electrons. The maximum atomic E-state index is 12.3. The van der Waals surface area contributed by atoms with E-state index in [-0.39, 0.29) is 5.91 Å². The SMILES string of the molecule is CN1C(=O)[C@@H](c2ccccc2)OP1c1ccccc1. The molecule has 1 heterocycles. The van der Waals surface area contributed by atoms with E-state index in [1.807, 2.05) is 67.7 Å². The number of nitrogens with zero attached hydrogens (tertiary/aromatic N) is 1. The molecule has 1 aliphatic heterocycles. The van der Waals surface area contributed by atoms with E-state index in [9.17, 15) is 4.79 Å². The molecule has 1 amide bonds. The van der Waals surface area contributed by atoms with Crippen molar-refractivity contribution in [2.45, 2.75) is 6.10 Å². The van der Waals surface area contributed by atoms with E-state index in [2.05, 4.69) is 0 Å². The number of rotatable bonds is 2. The number of hydrogen-bond acceptors (Lipinski definition) is 2. The Kier molecular flexibility index (Phi) is 3.33. The van der Waals surface area contributed by atoms with Crippen LogP contribution >= 0.6 is 8.30 Å². The zero-order valence-electron chi connectivity index (χ0n) is 10.6.